The van der Waals surface area contributed by atoms with Crippen molar-refractivity contribution in [3.05, 3.63) is 77.9 Å². The van der Waals surface area contributed by atoms with Gasteiger partial charge in [-0.05, 0) is 48.7 Å². The molecule has 0 saturated heterocycles. The highest BCUT2D eigenvalue weighted by molar-refractivity contribution is 7.49. The van der Waals surface area contributed by atoms with Crippen LogP contribution in [0.1, 0.15) is 34.7 Å². The van der Waals surface area contributed by atoms with E-state index in [2.05, 4.69) is 5.32 Å². The van der Waals surface area contributed by atoms with Crippen molar-refractivity contribution < 1.29 is 42.6 Å². The molecule has 2 aliphatic heterocycles. The van der Waals surface area contributed by atoms with Crippen molar-refractivity contribution in [3.8, 4) is 28.7 Å². The molecule has 37 heavy (non-hydrogen) atoms. The van der Waals surface area contributed by atoms with Gasteiger partial charge in [0.2, 0.25) is 12.5 Å². The van der Waals surface area contributed by atoms with Crippen molar-refractivity contribution >= 4 is 13.7 Å². The Labute approximate surface area is 212 Å². The maximum atomic E-state index is 14.1. The summed E-state index contributed by atoms with van der Waals surface area (Å²) < 4.78 is 42.8. The third-order valence-corrected chi connectivity index (χ3v) is 7.94. The van der Waals surface area contributed by atoms with E-state index < -0.39 is 32.0 Å². The molecule has 0 spiro atoms. The average molecular weight is 525 g/mol. The number of hydrogen-bond donors (Lipinski definition) is 3. The number of nitrogens with one attached hydrogen (secondary N) is 1. The molecule has 10 nitrogen and oxygen atoms in total. The minimum absolute atomic E-state index is 0.0858. The molecule has 3 aromatic carbocycles. The first-order valence-electron chi connectivity index (χ1n) is 11.8. The number of fused-ring (bicyclic) bond motifs is 4. The normalized spacial score (nSPS) is 23.9. The van der Waals surface area contributed by atoms with E-state index in [0.717, 1.165) is 0 Å². The van der Waals surface area contributed by atoms with Crippen molar-refractivity contribution in [3.63, 3.8) is 0 Å². The Morgan fingerprint density at radius 1 is 0.892 bits per heavy atom. The van der Waals surface area contributed by atoms with Crippen LogP contribution < -0.4 is 28.4 Å². The highest BCUT2D eigenvalue weighted by Gasteiger charge is 2.48. The second-order valence-corrected chi connectivity index (χ2v) is 10.4. The van der Waals surface area contributed by atoms with Gasteiger partial charge in [-0.25, -0.2) is 0 Å². The molecule has 0 radical (unpaired) electrons. The number of carbonyl (C=O) groups is 1. The van der Waals surface area contributed by atoms with Crippen LogP contribution in [-0.2, 0) is 4.57 Å². The SMILES string of the molecule is O=C1NC2C(O)C(O)CC[C@@H]2c2cc3c(c(OP(=O)(Oc4ccccc4)Oc4ccccc4)c21)OCO3. The largest absolute Gasteiger partial charge is 0.647 e. The zero-order chi connectivity index (χ0) is 25.6. The lowest BCUT2D eigenvalue weighted by Gasteiger charge is -2.42. The fourth-order valence-corrected chi connectivity index (χ4v) is 6.24. The number of hydrogen-bond acceptors (Lipinski definition) is 9. The highest BCUT2D eigenvalue weighted by atomic mass is 31.2. The van der Waals surface area contributed by atoms with Gasteiger partial charge in [0.15, 0.2) is 11.5 Å². The van der Waals surface area contributed by atoms with Gasteiger partial charge in [0.05, 0.1) is 17.7 Å². The Hall–Kier alpha value is -3.72. The van der Waals surface area contributed by atoms with E-state index in [0.29, 0.717) is 24.2 Å². The van der Waals surface area contributed by atoms with Crippen molar-refractivity contribution in [2.45, 2.75) is 37.0 Å². The number of phosphoric acid groups is 1. The van der Waals surface area contributed by atoms with Gasteiger partial charge in [-0.3, -0.25) is 4.79 Å². The molecule has 1 amide bonds. The van der Waals surface area contributed by atoms with Gasteiger partial charge in [-0.1, -0.05) is 36.4 Å². The summed E-state index contributed by atoms with van der Waals surface area (Å²) in [5, 5.41) is 23.5. The Morgan fingerprint density at radius 3 is 2.19 bits per heavy atom. The van der Waals surface area contributed by atoms with E-state index in [-0.39, 0.29) is 41.3 Å². The second-order valence-electron chi connectivity index (χ2n) is 8.99. The highest BCUT2D eigenvalue weighted by Crippen LogP contribution is 2.57. The smallest absolute Gasteiger partial charge is 0.453 e. The fourth-order valence-electron chi connectivity index (χ4n) is 4.97. The first-order valence-corrected chi connectivity index (χ1v) is 13.3. The van der Waals surface area contributed by atoms with Crippen LogP contribution in [-0.4, -0.2) is 41.2 Å². The average Bonchev–Trinajstić information content (AvgIpc) is 3.36. The predicted molar refractivity (Wildman–Crippen MR) is 130 cm³/mol. The lowest BCUT2D eigenvalue weighted by Crippen LogP contribution is -2.57. The lowest BCUT2D eigenvalue weighted by molar-refractivity contribution is -0.0367. The van der Waals surface area contributed by atoms with Crippen molar-refractivity contribution in [2.75, 3.05) is 6.79 Å². The van der Waals surface area contributed by atoms with E-state index in [1.807, 2.05) is 0 Å². The van der Waals surface area contributed by atoms with Crippen molar-refractivity contribution in [2.24, 2.45) is 0 Å². The number of para-hydroxylation sites is 2. The summed E-state index contributed by atoms with van der Waals surface area (Å²) in [6, 6.07) is 17.7. The Bertz CT molecular complexity index is 1320. The minimum atomic E-state index is -4.45. The van der Waals surface area contributed by atoms with Crippen molar-refractivity contribution in [1.82, 2.24) is 5.32 Å². The summed E-state index contributed by atoms with van der Waals surface area (Å²) in [6.07, 6.45) is -1.26. The number of aliphatic hydroxyl groups is 2. The molecular formula is C26H24NO9P. The maximum absolute atomic E-state index is 14.1. The molecule has 11 heteroatoms. The zero-order valence-corrected chi connectivity index (χ0v) is 20.4. The molecular weight excluding hydrogens is 501 g/mol. The number of amides is 1. The molecule has 2 heterocycles. The van der Waals surface area contributed by atoms with E-state index in [1.165, 1.54) is 0 Å². The summed E-state index contributed by atoms with van der Waals surface area (Å²) in [5.74, 6) is -0.206. The molecule has 3 N–H and O–H groups in total. The fraction of sp³-hybridized carbons (Fsp3) is 0.269. The topological polar surface area (TPSA) is 133 Å². The van der Waals surface area contributed by atoms with Gasteiger partial charge in [-0.2, -0.15) is 4.57 Å². The predicted octanol–water partition coefficient (Wildman–Crippen LogP) is 3.77. The summed E-state index contributed by atoms with van der Waals surface area (Å²) in [7, 11) is -4.45. The van der Waals surface area contributed by atoms with Gasteiger partial charge < -0.3 is 38.6 Å². The monoisotopic (exact) mass is 525 g/mol. The van der Waals surface area contributed by atoms with Crippen LogP contribution in [0.25, 0.3) is 0 Å². The molecule has 6 rings (SSSR count). The number of carbonyl (C=O) groups excluding carboxylic acids is 1. The molecule has 4 atom stereocenters. The van der Waals surface area contributed by atoms with Crippen molar-refractivity contribution in [1.29, 1.82) is 0 Å². The molecule has 3 unspecified atom stereocenters. The standard InChI is InChI=1S/C26H24NO9P/c28-19-12-11-17-18-13-20-24(33-14-32-20)25(21(18)26(30)27-22(17)23(19)29)36-37(31,34-15-7-3-1-4-8-15)35-16-9-5-2-6-10-16/h1-10,13,17,19,22-23,28-29H,11-12,14H2,(H,27,30)/t17-,19?,22?,23?/m1/s1. The molecule has 1 fully saturated rings. The van der Waals surface area contributed by atoms with E-state index in [4.69, 9.17) is 23.0 Å². The number of aliphatic hydroxyl groups excluding tert-OH is 2. The van der Waals surface area contributed by atoms with Crippen LogP contribution in [0.5, 0.6) is 28.7 Å². The Kier molecular flexibility index (Phi) is 5.95. The summed E-state index contributed by atoms with van der Waals surface area (Å²) in [4.78, 5) is 13.4. The Balaban J connectivity index is 1.45. The first-order chi connectivity index (χ1) is 17.9. The molecule has 1 aliphatic carbocycles. The number of phosphoric ester groups is 1. The molecule has 3 aromatic rings. The number of rotatable bonds is 6. The molecule has 3 aliphatic rings. The van der Waals surface area contributed by atoms with Crippen LogP contribution in [0.2, 0.25) is 0 Å². The van der Waals surface area contributed by atoms with Crippen LogP contribution in [0, 0.1) is 0 Å². The van der Waals surface area contributed by atoms with Gasteiger partial charge in [0.1, 0.15) is 17.6 Å². The number of benzene rings is 3. The summed E-state index contributed by atoms with van der Waals surface area (Å²) in [5.41, 5.74) is 0.618. The van der Waals surface area contributed by atoms with Gasteiger partial charge in [0.25, 0.3) is 5.91 Å². The van der Waals surface area contributed by atoms with E-state index in [9.17, 15) is 19.6 Å². The summed E-state index contributed by atoms with van der Waals surface area (Å²) in [6.45, 7) is -0.130. The molecule has 1 saturated carbocycles. The quantitative estimate of drug-likeness (QED) is 0.412. The van der Waals surface area contributed by atoms with Crippen LogP contribution in [0.15, 0.2) is 66.7 Å². The molecule has 0 aromatic heterocycles. The van der Waals surface area contributed by atoms with Crippen LogP contribution >= 0.6 is 7.82 Å². The lowest BCUT2D eigenvalue weighted by atomic mass is 9.73. The van der Waals surface area contributed by atoms with Crippen LogP contribution in [0.3, 0.4) is 0 Å². The zero-order valence-electron chi connectivity index (χ0n) is 19.5. The molecule has 192 valence electrons. The van der Waals surface area contributed by atoms with Gasteiger partial charge in [0, 0.05) is 5.92 Å². The van der Waals surface area contributed by atoms with E-state index >= 15 is 0 Å². The van der Waals surface area contributed by atoms with E-state index in [1.54, 1.807) is 66.7 Å². The Morgan fingerprint density at radius 2 is 1.54 bits per heavy atom. The number of ether oxygens (including phenoxy) is 2. The molecule has 0 bridgehead atoms. The summed E-state index contributed by atoms with van der Waals surface area (Å²) >= 11 is 0. The maximum Gasteiger partial charge on any atom is 0.647 e. The van der Waals surface area contributed by atoms with Gasteiger partial charge >= 0.3 is 7.82 Å². The second kappa shape index (κ2) is 9.30. The third-order valence-electron chi connectivity index (χ3n) is 6.67. The first kappa shape index (κ1) is 23.7. The van der Waals surface area contributed by atoms with Crippen LogP contribution in [0.4, 0.5) is 0 Å². The third kappa shape index (κ3) is 4.37. The van der Waals surface area contributed by atoms with Gasteiger partial charge in [-0.15, -0.1) is 0 Å². The minimum Gasteiger partial charge on any atom is -0.453 e.